The molecule has 27 heavy (non-hydrogen) atoms. The highest BCUT2D eigenvalue weighted by molar-refractivity contribution is 5.27. The van der Waals surface area contributed by atoms with Crippen molar-refractivity contribution in [1.82, 2.24) is 9.80 Å². The van der Waals surface area contributed by atoms with Crippen LogP contribution in [0.25, 0.3) is 0 Å². The first-order valence-corrected chi connectivity index (χ1v) is 10.9. The second-order valence-electron chi connectivity index (χ2n) is 8.42. The molecule has 0 spiro atoms. The number of hydrogen-bond donors (Lipinski definition) is 0. The van der Waals surface area contributed by atoms with Crippen LogP contribution in [0.2, 0.25) is 0 Å². The largest absolute Gasteiger partial charge is 0.298 e. The van der Waals surface area contributed by atoms with Crippen LogP contribution in [0, 0.1) is 0 Å². The molecule has 0 radical (unpaired) electrons. The summed E-state index contributed by atoms with van der Waals surface area (Å²) in [6.45, 7) is 7.24. The zero-order valence-corrected chi connectivity index (χ0v) is 16.8. The van der Waals surface area contributed by atoms with E-state index in [4.69, 9.17) is 0 Å². The highest BCUT2D eigenvalue weighted by Gasteiger charge is 2.32. The minimum Gasteiger partial charge on any atom is -0.298 e. The number of piperazine rings is 1. The van der Waals surface area contributed by atoms with Crippen LogP contribution in [0.15, 0.2) is 60.7 Å². The summed E-state index contributed by atoms with van der Waals surface area (Å²) in [5, 5.41) is 0. The van der Waals surface area contributed by atoms with Crippen LogP contribution in [-0.2, 0) is 0 Å². The van der Waals surface area contributed by atoms with E-state index >= 15 is 0 Å². The normalized spacial score (nSPS) is 22.4. The fraction of sp³-hybridized carbons (Fsp3) is 0.520. The van der Waals surface area contributed by atoms with Gasteiger partial charge in [0.05, 0.1) is 0 Å². The van der Waals surface area contributed by atoms with E-state index in [0.717, 1.165) is 6.04 Å². The number of benzene rings is 2. The third-order valence-corrected chi connectivity index (χ3v) is 6.77. The Bertz CT molecular complexity index is 670. The van der Waals surface area contributed by atoms with Gasteiger partial charge >= 0.3 is 0 Å². The monoisotopic (exact) mass is 362 g/mol. The van der Waals surface area contributed by atoms with Crippen molar-refractivity contribution in [3.8, 4) is 0 Å². The van der Waals surface area contributed by atoms with Gasteiger partial charge in [-0.2, -0.15) is 0 Å². The van der Waals surface area contributed by atoms with Crippen molar-refractivity contribution in [2.45, 2.75) is 57.0 Å². The predicted octanol–water partition coefficient (Wildman–Crippen LogP) is 5.48. The van der Waals surface area contributed by atoms with Crippen molar-refractivity contribution < 1.29 is 0 Å². The summed E-state index contributed by atoms with van der Waals surface area (Å²) in [5.41, 5.74) is 2.90. The summed E-state index contributed by atoms with van der Waals surface area (Å²) >= 11 is 0. The zero-order valence-electron chi connectivity index (χ0n) is 16.8. The first-order chi connectivity index (χ1) is 13.3. The van der Waals surface area contributed by atoms with Crippen LogP contribution in [0.1, 0.15) is 62.1 Å². The SMILES string of the molecule is CC(c1ccccc1)C(c1ccccc1)N1CCN(C2CCCCC2)CC1. The highest BCUT2D eigenvalue weighted by atomic mass is 15.3. The van der Waals surface area contributed by atoms with Gasteiger partial charge in [-0.3, -0.25) is 9.80 Å². The van der Waals surface area contributed by atoms with Gasteiger partial charge in [-0.1, -0.05) is 86.8 Å². The Morgan fingerprint density at radius 3 is 1.85 bits per heavy atom. The van der Waals surface area contributed by atoms with Crippen molar-refractivity contribution in [2.24, 2.45) is 0 Å². The van der Waals surface area contributed by atoms with Gasteiger partial charge in [0.15, 0.2) is 0 Å². The van der Waals surface area contributed by atoms with E-state index in [1.54, 1.807) is 0 Å². The summed E-state index contributed by atoms with van der Waals surface area (Å²) in [5.74, 6) is 0.495. The molecule has 2 unspecified atom stereocenters. The van der Waals surface area contributed by atoms with Crippen LogP contribution in [-0.4, -0.2) is 42.0 Å². The smallest absolute Gasteiger partial charge is 0.0415 e. The molecule has 2 aromatic carbocycles. The maximum Gasteiger partial charge on any atom is 0.0415 e. The molecule has 2 aliphatic rings. The molecule has 1 saturated carbocycles. The van der Waals surface area contributed by atoms with Gasteiger partial charge < -0.3 is 0 Å². The Hall–Kier alpha value is -1.64. The van der Waals surface area contributed by atoms with E-state index in [1.807, 2.05) is 0 Å². The van der Waals surface area contributed by atoms with Crippen molar-refractivity contribution in [1.29, 1.82) is 0 Å². The van der Waals surface area contributed by atoms with Gasteiger partial charge in [0, 0.05) is 44.2 Å². The number of hydrogen-bond acceptors (Lipinski definition) is 2. The van der Waals surface area contributed by atoms with E-state index in [9.17, 15) is 0 Å². The molecule has 2 atom stereocenters. The Morgan fingerprint density at radius 1 is 0.704 bits per heavy atom. The first kappa shape index (κ1) is 18.7. The Kier molecular flexibility index (Phi) is 6.26. The maximum atomic E-state index is 2.78. The van der Waals surface area contributed by atoms with Crippen molar-refractivity contribution in [3.63, 3.8) is 0 Å². The van der Waals surface area contributed by atoms with Crippen LogP contribution < -0.4 is 0 Å². The molecule has 0 bridgehead atoms. The summed E-state index contributed by atoms with van der Waals surface area (Å²) < 4.78 is 0. The Balaban J connectivity index is 1.50. The lowest BCUT2D eigenvalue weighted by Gasteiger charge is -2.45. The second-order valence-corrected chi connectivity index (χ2v) is 8.42. The lowest BCUT2D eigenvalue weighted by Crippen LogP contribution is -2.52. The first-order valence-electron chi connectivity index (χ1n) is 10.9. The molecule has 144 valence electrons. The second kappa shape index (κ2) is 9.03. The van der Waals surface area contributed by atoms with Gasteiger partial charge in [-0.25, -0.2) is 0 Å². The molecule has 2 nitrogen and oxygen atoms in total. The van der Waals surface area contributed by atoms with E-state index in [2.05, 4.69) is 77.4 Å². The fourth-order valence-electron chi connectivity index (χ4n) is 5.23. The molecule has 0 N–H and O–H groups in total. The van der Waals surface area contributed by atoms with Gasteiger partial charge in [-0.05, 0) is 24.0 Å². The van der Waals surface area contributed by atoms with Crippen molar-refractivity contribution in [3.05, 3.63) is 71.8 Å². The predicted molar refractivity (Wildman–Crippen MR) is 114 cm³/mol. The van der Waals surface area contributed by atoms with Crippen molar-refractivity contribution >= 4 is 0 Å². The molecule has 1 aliphatic carbocycles. The lowest BCUT2D eigenvalue weighted by molar-refractivity contribution is 0.0500. The third-order valence-electron chi connectivity index (χ3n) is 6.77. The van der Waals surface area contributed by atoms with E-state index in [1.165, 1.54) is 69.4 Å². The molecule has 4 rings (SSSR count). The van der Waals surface area contributed by atoms with Gasteiger partial charge in [0.1, 0.15) is 0 Å². The zero-order chi connectivity index (χ0) is 18.5. The number of rotatable bonds is 5. The van der Waals surface area contributed by atoms with Gasteiger partial charge in [0.2, 0.25) is 0 Å². The lowest BCUT2D eigenvalue weighted by atomic mass is 9.86. The molecule has 0 amide bonds. The summed E-state index contributed by atoms with van der Waals surface area (Å²) in [7, 11) is 0. The minimum absolute atomic E-state index is 0.460. The van der Waals surface area contributed by atoms with Crippen LogP contribution >= 0.6 is 0 Å². The molecule has 1 saturated heterocycles. The van der Waals surface area contributed by atoms with Crippen LogP contribution in [0.4, 0.5) is 0 Å². The van der Waals surface area contributed by atoms with E-state index < -0.39 is 0 Å². The average Bonchev–Trinajstić information content (AvgIpc) is 2.76. The number of nitrogens with zero attached hydrogens (tertiary/aromatic N) is 2. The van der Waals surface area contributed by atoms with Gasteiger partial charge in [-0.15, -0.1) is 0 Å². The topological polar surface area (TPSA) is 6.48 Å². The summed E-state index contributed by atoms with van der Waals surface area (Å²) in [6.07, 6.45) is 7.15. The quantitative estimate of drug-likeness (QED) is 0.695. The van der Waals surface area contributed by atoms with E-state index in [0.29, 0.717) is 12.0 Å². The summed E-state index contributed by atoms with van der Waals surface area (Å²) in [4.78, 5) is 5.53. The van der Waals surface area contributed by atoms with Gasteiger partial charge in [0.25, 0.3) is 0 Å². The molecule has 1 heterocycles. The fourth-order valence-corrected chi connectivity index (χ4v) is 5.23. The Morgan fingerprint density at radius 2 is 1.26 bits per heavy atom. The maximum absolute atomic E-state index is 2.78. The Labute approximate surface area is 165 Å². The van der Waals surface area contributed by atoms with Crippen LogP contribution in [0.3, 0.4) is 0 Å². The molecule has 1 aliphatic heterocycles. The van der Waals surface area contributed by atoms with Crippen LogP contribution in [0.5, 0.6) is 0 Å². The minimum atomic E-state index is 0.460. The molecular weight excluding hydrogens is 328 g/mol. The van der Waals surface area contributed by atoms with Crippen molar-refractivity contribution in [2.75, 3.05) is 26.2 Å². The standard InChI is InChI=1S/C25H34N2/c1-21(22-11-5-2-6-12-22)25(23-13-7-3-8-14-23)27-19-17-26(18-20-27)24-15-9-4-10-16-24/h2-3,5-8,11-14,21,24-25H,4,9-10,15-20H2,1H3. The highest BCUT2D eigenvalue weighted by Crippen LogP contribution is 2.36. The molecule has 2 fully saturated rings. The average molecular weight is 363 g/mol. The third kappa shape index (κ3) is 4.44. The summed E-state index contributed by atoms with van der Waals surface area (Å²) in [6, 6.07) is 23.5. The molecule has 0 aromatic heterocycles. The molecular formula is C25H34N2. The molecule has 2 aromatic rings. The van der Waals surface area contributed by atoms with E-state index in [-0.39, 0.29) is 0 Å². The molecule has 2 heteroatoms.